The van der Waals surface area contributed by atoms with E-state index in [1.54, 1.807) is 0 Å². The van der Waals surface area contributed by atoms with E-state index in [9.17, 15) is 0 Å². The van der Waals surface area contributed by atoms with Crippen LogP contribution >= 0.6 is 0 Å². The second-order valence-electron chi connectivity index (χ2n) is 6.49. The lowest BCUT2D eigenvalue weighted by atomic mass is 9.99. The van der Waals surface area contributed by atoms with Crippen molar-refractivity contribution in [3.63, 3.8) is 0 Å². The summed E-state index contributed by atoms with van der Waals surface area (Å²) in [6.07, 6.45) is 3.86. The Kier molecular flexibility index (Phi) is 4.11. The van der Waals surface area contributed by atoms with Gasteiger partial charge in [-0.2, -0.15) is 0 Å². The Hall–Kier alpha value is -0.900. The molecule has 0 amide bonds. The summed E-state index contributed by atoms with van der Waals surface area (Å²) >= 11 is 0. The van der Waals surface area contributed by atoms with Gasteiger partial charge in [-0.1, -0.05) is 24.3 Å². The third kappa shape index (κ3) is 2.50. The Bertz CT molecular complexity index is 457. The van der Waals surface area contributed by atoms with Gasteiger partial charge in [0.25, 0.3) is 0 Å². The van der Waals surface area contributed by atoms with Gasteiger partial charge < -0.3 is 10.2 Å². The van der Waals surface area contributed by atoms with E-state index in [-0.39, 0.29) is 0 Å². The predicted molar refractivity (Wildman–Crippen MR) is 84.0 cm³/mol. The number of benzene rings is 1. The SMILES string of the molecule is CNC1c2ccccc2CC1N1CCCC(N(C)C)C1. The number of hydrogen-bond acceptors (Lipinski definition) is 3. The van der Waals surface area contributed by atoms with E-state index in [2.05, 4.69) is 60.5 Å². The van der Waals surface area contributed by atoms with E-state index in [1.807, 2.05) is 0 Å². The highest BCUT2D eigenvalue weighted by molar-refractivity contribution is 5.37. The van der Waals surface area contributed by atoms with E-state index >= 15 is 0 Å². The first-order chi connectivity index (χ1) is 9.70. The highest BCUT2D eigenvalue weighted by Crippen LogP contribution is 2.35. The van der Waals surface area contributed by atoms with Crippen LogP contribution < -0.4 is 5.32 Å². The van der Waals surface area contributed by atoms with Gasteiger partial charge in [0.15, 0.2) is 0 Å². The summed E-state index contributed by atoms with van der Waals surface area (Å²) in [4.78, 5) is 5.11. The van der Waals surface area contributed by atoms with Crippen molar-refractivity contribution in [3.8, 4) is 0 Å². The Labute approximate surface area is 123 Å². The van der Waals surface area contributed by atoms with Crippen molar-refractivity contribution in [2.45, 2.75) is 37.4 Å². The number of likely N-dealkylation sites (N-methyl/N-ethyl adjacent to an activating group) is 2. The van der Waals surface area contributed by atoms with Gasteiger partial charge in [0.1, 0.15) is 0 Å². The first-order valence-corrected chi connectivity index (χ1v) is 7.86. The zero-order valence-electron chi connectivity index (χ0n) is 13.0. The standard InChI is InChI=1S/C17H27N3/c1-18-17-15-9-5-4-7-13(15)11-16(17)20-10-6-8-14(12-20)19(2)3/h4-5,7,9,14,16-18H,6,8,10-12H2,1-3H3. The minimum atomic E-state index is 0.493. The maximum Gasteiger partial charge on any atom is 0.0481 e. The number of piperidine rings is 1. The highest BCUT2D eigenvalue weighted by Gasteiger charge is 2.37. The predicted octanol–water partition coefficient (Wildman–Crippen LogP) is 1.90. The molecule has 3 rings (SSSR count). The minimum absolute atomic E-state index is 0.493. The topological polar surface area (TPSA) is 18.5 Å². The first kappa shape index (κ1) is 14.1. The van der Waals surface area contributed by atoms with E-state index in [1.165, 1.54) is 43.5 Å². The van der Waals surface area contributed by atoms with Gasteiger partial charge in [-0.05, 0) is 58.1 Å². The lowest BCUT2D eigenvalue weighted by molar-refractivity contribution is 0.0844. The molecule has 0 radical (unpaired) electrons. The third-order valence-corrected chi connectivity index (χ3v) is 5.14. The van der Waals surface area contributed by atoms with Gasteiger partial charge in [-0.15, -0.1) is 0 Å². The number of hydrogen-bond donors (Lipinski definition) is 1. The van der Waals surface area contributed by atoms with Gasteiger partial charge in [0.05, 0.1) is 0 Å². The molecular formula is C17H27N3. The van der Waals surface area contributed by atoms with Crippen LogP contribution in [0.3, 0.4) is 0 Å². The van der Waals surface area contributed by atoms with Crippen LogP contribution in [0.5, 0.6) is 0 Å². The van der Waals surface area contributed by atoms with Crippen LogP contribution in [-0.4, -0.2) is 56.1 Å². The molecule has 0 saturated carbocycles. The average Bonchev–Trinajstić information content (AvgIpc) is 2.86. The minimum Gasteiger partial charge on any atom is -0.312 e. The fourth-order valence-electron chi connectivity index (χ4n) is 3.97. The molecule has 1 aliphatic heterocycles. The number of rotatable bonds is 3. The fraction of sp³-hybridized carbons (Fsp3) is 0.647. The smallest absolute Gasteiger partial charge is 0.0481 e. The first-order valence-electron chi connectivity index (χ1n) is 7.86. The molecule has 1 aromatic rings. The summed E-state index contributed by atoms with van der Waals surface area (Å²) < 4.78 is 0. The van der Waals surface area contributed by atoms with Gasteiger partial charge in [0, 0.05) is 24.7 Å². The molecule has 3 unspecified atom stereocenters. The summed E-state index contributed by atoms with van der Waals surface area (Å²) in [5.41, 5.74) is 3.04. The lowest BCUT2D eigenvalue weighted by Gasteiger charge is -2.41. The molecule has 1 saturated heterocycles. The molecular weight excluding hydrogens is 246 g/mol. The third-order valence-electron chi connectivity index (χ3n) is 5.14. The molecule has 1 fully saturated rings. The van der Waals surface area contributed by atoms with Crippen molar-refractivity contribution in [1.29, 1.82) is 0 Å². The van der Waals surface area contributed by atoms with Crippen molar-refractivity contribution in [1.82, 2.24) is 15.1 Å². The van der Waals surface area contributed by atoms with Crippen molar-refractivity contribution in [2.24, 2.45) is 0 Å². The summed E-state index contributed by atoms with van der Waals surface area (Å²) in [7, 11) is 6.54. The largest absolute Gasteiger partial charge is 0.312 e. The van der Waals surface area contributed by atoms with Crippen LogP contribution in [0.25, 0.3) is 0 Å². The van der Waals surface area contributed by atoms with E-state index in [4.69, 9.17) is 0 Å². The molecule has 20 heavy (non-hydrogen) atoms. The lowest BCUT2D eigenvalue weighted by Crippen LogP contribution is -2.51. The Morgan fingerprint density at radius 2 is 2.05 bits per heavy atom. The molecule has 2 aliphatic rings. The van der Waals surface area contributed by atoms with E-state index < -0.39 is 0 Å². The summed E-state index contributed by atoms with van der Waals surface area (Å²) in [5, 5.41) is 3.56. The molecule has 0 bridgehead atoms. The second kappa shape index (κ2) is 5.84. The number of fused-ring (bicyclic) bond motifs is 1. The molecule has 3 heteroatoms. The Morgan fingerprint density at radius 1 is 1.25 bits per heavy atom. The van der Waals surface area contributed by atoms with Crippen LogP contribution in [0.2, 0.25) is 0 Å². The van der Waals surface area contributed by atoms with Gasteiger partial charge in [0.2, 0.25) is 0 Å². The normalized spacial score (nSPS) is 30.7. The molecule has 1 heterocycles. The van der Waals surface area contributed by atoms with Crippen LogP contribution in [0.4, 0.5) is 0 Å². The maximum absolute atomic E-state index is 3.56. The fourth-order valence-corrected chi connectivity index (χ4v) is 3.97. The van der Waals surface area contributed by atoms with Crippen LogP contribution in [0.1, 0.15) is 30.0 Å². The molecule has 1 N–H and O–H groups in total. The van der Waals surface area contributed by atoms with Crippen molar-refractivity contribution < 1.29 is 0 Å². The number of nitrogens with zero attached hydrogens (tertiary/aromatic N) is 2. The maximum atomic E-state index is 3.56. The van der Waals surface area contributed by atoms with Crippen LogP contribution in [0, 0.1) is 0 Å². The molecule has 0 aromatic heterocycles. The van der Waals surface area contributed by atoms with Gasteiger partial charge in [-0.3, -0.25) is 4.90 Å². The Morgan fingerprint density at radius 3 is 2.80 bits per heavy atom. The summed E-state index contributed by atoms with van der Waals surface area (Å²) in [5.74, 6) is 0. The van der Waals surface area contributed by atoms with E-state index in [0.717, 1.165) is 0 Å². The number of nitrogens with one attached hydrogen (secondary N) is 1. The van der Waals surface area contributed by atoms with Crippen molar-refractivity contribution in [3.05, 3.63) is 35.4 Å². The van der Waals surface area contributed by atoms with Crippen molar-refractivity contribution >= 4 is 0 Å². The van der Waals surface area contributed by atoms with Gasteiger partial charge in [-0.25, -0.2) is 0 Å². The van der Waals surface area contributed by atoms with E-state index in [0.29, 0.717) is 18.1 Å². The monoisotopic (exact) mass is 273 g/mol. The highest BCUT2D eigenvalue weighted by atomic mass is 15.2. The quantitative estimate of drug-likeness (QED) is 0.907. The Balaban J connectivity index is 1.78. The summed E-state index contributed by atoms with van der Waals surface area (Å²) in [6, 6.07) is 10.8. The van der Waals surface area contributed by atoms with Crippen LogP contribution in [0.15, 0.2) is 24.3 Å². The zero-order chi connectivity index (χ0) is 14.1. The van der Waals surface area contributed by atoms with Crippen LogP contribution in [-0.2, 0) is 6.42 Å². The molecule has 1 aliphatic carbocycles. The molecule has 3 nitrogen and oxygen atoms in total. The molecule has 0 spiro atoms. The number of likely N-dealkylation sites (tertiary alicyclic amines) is 1. The molecule has 1 aromatic carbocycles. The molecule has 3 atom stereocenters. The second-order valence-corrected chi connectivity index (χ2v) is 6.49. The summed E-state index contributed by atoms with van der Waals surface area (Å²) in [6.45, 7) is 2.46. The van der Waals surface area contributed by atoms with Gasteiger partial charge >= 0.3 is 0 Å². The zero-order valence-corrected chi connectivity index (χ0v) is 13.0. The van der Waals surface area contributed by atoms with Crippen molar-refractivity contribution in [2.75, 3.05) is 34.2 Å². The average molecular weight is 273 g/mol. The molecule has 110 valence electrons.